The zero-order valence-corrected chi connectivity index (χ0v) is 20.4. The lowest BCUT2D eigenvalue weighted by Crippen LogP contribution is -2.07. The van der Waals surface area contributed by atoms with Crippen molar-refractivity contribution in [3.05, 3.63) is 131 Å². The van der Waals surface area contributed by atoms with Gasteiger partial charge in [0, 0.05) is 38.5 Å². The van der Waals surface area contributed by atoms with Crippen LogP contribution in [0.1, 0.15) is 15.9 Å². The molecule has 5 aromatic carbocycles. The number of carbonyl (C=O) groups is 1. The molecule has 0 N–H and O–H groups in total. The second kappa shape index (κ2) is 8.22. The van der Waals surface area contributed by atoms with Gasteiger partial charge in [-0.3, -0.25) is 9.59 Å². The van der Waals surface area contributed by atoms with E-state index in [9.17, 15) is 9.59 Å². The van der Waals surface area contributed by atoms with Crippen molar-refractivity contribution in [1.82, 2.24) is 4.57 Å². The molecule has 7 rings (SSSR count). The van der Waals surface area contributed by atoms with Crippen LogP contribution in [0.4, 0.5) is 0 Å². The minimum atomic E-state index is -0.186. The van der Waals surface area contributed by atoms with Crippen LogP contribution in [0.3, 0.4) is 0 Å². The monoisotopic (exact) mass is 497 g/mol. The maximum atomic E-state index is 13.5. The number of aromatic nitrogens is 1. The van der Waals surface area contributed by atoms with E-state index in [1.165, 1.54) is 0 Å². The summed E-state index contributed by atoms with van der Waals surface area (Å²) in [6, 6.07) is 34.4. The minimum Gasteiger partial charge on any atom is -0.456 e. The number of benzene rings is 5. The highest BCUT2D eigenvalue weighted by atomic mass is 32.1. The molecule has 0 radical (unpaired) electrons. The predicted molar refractivity (Wildman–Crippen MR) is 151 cm³/mol. The van der Waals surface area contributed by atoms with Gasteiger partial charge in [0.25, 0.3) is 0 Å². The van der Waals surface area contributed by atoms with Crippen molar-refractivity contribution >= 4 is 62.2 Å². The van der Waals surface area contributed by atoms with Crippen molar-refractivity contribution < 1.29 is 9.21 Å². The van der Waals surface area contributed by atoms with Crippen LogP contribution in [0.5, 0.6) is 0 Å². The van der Waals surface area contributed by atoms with E-state index >= 15 is 0 Å². The van der Waals surface area contributed by atoms with Gasteiger partial charge >= 0.3 is 0 Å². The molecule has 0 fully saturated rings. The molecule has 0 unspecified atom stereocenters. The molecule has 176 valence electrons. The summed E-state index contributed by atoms with van der Waals surface area (Å²) in [6.45, 7) is 0. The Morgan fingerprint density at radius 1 is 0.649 bits per heavy atom. The molecule has 2 heterocycles. The van der Waals surface area contributed by atoms with Gasteiger partial charge in [0.1, 0.15) is 11.2 Å². The number of hydrogen-bond acceptors (Lipinski definition) is 4. The lowest BCUT2D eigenvalue weighted by atomic mass is 10.0. The van der Waals surface area contributed by atoms with Crippen LogP contribution in [0.25, 0.3) is 49.4 Å². The summed E-state index contributed by atoms with van der Waals surface area (Å²) in [4.78, 5) is 27.1. The van der Waals surface area contributed by atoms with Gasteiger partial charge in [-0.15, -0.1) is 12.6 Å². The summed E-state index contributed by atoms with van der Waals surface area (Å²) in [7, 11) is 0. The molecule has 37 heavy (non-hydrogen) atoms. The van der Waals surface area contributed by atoms with Gasteiger partial charge in [0.2, 0.25) is 5.43 Å². The van der Waals surface area contributed by atoms with Crippen molar-refractivity contribution in [2.75, 3.05) is 0 Å². The maximum absolute atomic E-state index is 13.5. The largest absolute Gasteiger partial charge is 0.456 e. The van der Waals surface area contributed by atoms with Crippen molar-refractivity contribution in [2.24, 2.45) is 0 Å². The zero-order chi connectivity index (χ0) is 25.1. The normalized spacial score (nSPS) is 11.6. The Balaban J connectivity index is 1.44. The predicted octanol–water partition coefficient (Wildman–Crippen LogP) is 7.56. The fraction of sp³-hybridized carbons (Fsp3) is 0. The summed E-state index contributed by atoms with van der Waals surface area (Å²) >= 11 is 4.55. The first-order chi connectivity index (χ1) is 18.1. The van der Waals surface area contributed by atoms with E-state index in [2.05, 4.69) is 41.5 Å². The molecule has 4 nitrogen and oxygen atoms in total. The van der Waals surface area contributed by atoms with Crippen LogP contribution in [0.15, 0.2) is 123 Å². The maximum Gasteiger partial charge on any atom is 0.200 e. The van der Waals surface area contributed by atoms with Gasteiger partial charge in [0.05, 0.1) is 21.8 Å². The summed E-state index contributed by atoms with van der Waals surface area (Å²) in [5.74, 6) is -0.186. The van der Waals surface area contributed by atoms with Crippen molar-refractivity contribution in [3.63, 3.8) is 0 Å². The number of carbonyl (C=O) groups excluding carboxylic acids is 1. The fourth-order valence-corrected chi connectivity index (χ4v) is 5.43. The van der Waals surface area contributed by atoms with Crippen molar-refractivity contribution in [2.45, 2.75) is 4.90 Å². The lowest BCUT2D eigenvalue weighted by molar-refractivity contribution is 0.103. The molecule has 0 spiro atoms. The molecule has 0 bridgehead atoms. The summed E-state index contributed by atoms with van der Waals surface area (Å²) in [5, 5.41) is 3.14. The van der Waals surface area contributed by atoms with E-state index in [0.29, 0.717) is 38.0 Å². The average Bonchev–Trinajstić information content (AvgIpc) is 3.27. The lowest BCUT2D eigenvalue weighted by Gasteiger charge is -2.10. The molecule has 0 saturated heterocycles. The fourth-order valence-electron chi connectivity index (χ4n) is 5.14. The van der Waals surface area contributed by atoms with Crippen molar-refractivity contribution in [3.8, 4) is 5.69 Å². The average molecular weight is 498 g/mol. The van der Waals surface area contributed by atoms with E-state index in [4.69, 9.17) is 4.42 Å². The Hall–Kier alpha value is -4.61. The highest BCUT2D eigenvalue weighted by Crippen LogP contribution is 2.33. The first kappa shape index (κ1) is 21.7. The second-order valence-corrected chi connectivity index (χ2v) is 9.52. The molecule has 0 saturated carbocycles. The van der Waals surface area contributed by atoms with Crippen LogP contribution in [0.2, 0.25) is 0 Å². The molecule has 0 aliphatic carbocycles. The first-order valence-electron chi connectivity index (χ1n) is 11.9. The first-order valence-corrected chi connectivity index (χ1v) is 12.4. The standard InChI is InChI=1S/C32H19NO3S/c34-31(19-8-2-1-3-9-19)25-17-24-29(18-30(25)37)36-28-16-20(14-15-23(28)32(24)35)33-26-12-6-4-10-21(26)22-11-5-7-13-27(22)33/h1-18,37H. The van der Waals surface area contributed by atoms with E-state index in [1.807, 2.05) is 54.6 Å². The number of ketones is 1. The summed E-state index contributed by atoms with van der Waals surface area (Å²) in [5.41, 5.74) is 4.66. The molecule has 0 amide bonds. The third-order valence-electron chi connectivity index (χ3n) is 6.89. The molecule has 0 aliphatic rings. The third-order valence-corrected chi connectivity index (χ3v) is 7.26. The highest BCUT2D eigenvalue weighted by molar-refractivity contribution is 7.80. The van der Waals surface area contributed by atoms with E-state index in [-0.39, 0.29) is 11.2 Å². The van der Waals surface area contributed by atoms with Crippen LogP contribution in [-0.4, -0.2) is 10.4 Å². The van der Waals surface area contributed by atoms with Crippen LogP contribution in [-0.2, 0) is 0 Å². The van der Waals surface area contributed by atoms with Crippen LogP contribution >= 0.6 is 12.6 Å². The molecule has 2 aromatic heterocycles. The SMILES string of the molecule is O=C(c1ccccc1)c1cc2c(=O)c3ccc(-n4c5ccccc5c5ccccc54)cc3oc2cc1S. The number of nitrogens with zero attached hydrogens (tertiary/aromatic N) is 1. The van der Waals surface area contributed by atoms with Crippen LogP contribution in [0, 0.1) is 0 Å². The Bertz CT molecular complexity index is 2030. The molecule has 0 aliphatic heterocycles. The minimum absolute atomic E-state index is 0.180. The van der Waals surface area contributed by atoms with Gasteiger partial charge in [-0.2, -0.15) is 0 Å². The number of para-hydroxylation sites is 2. The highest BCUT2D eigenvalue weighted by Gasteiger charge is 2.18. The van der Waals surface area contributed by atoms with Gasteiger partial charge in [-0.25, -0.2) is 0 Å². The quantitative estimate of drug-likeness (QED) is 0.156. The molecule has 7 aromatic rings. The molecular formula is C32H19NO3S. The Labute approximate surface area is 216 Å². The third kappa shape index (κ3) is 3.32. The Kier molecular flexibility index (Phi) is 4.81. The number of thiol groups is 1. The van der Waals surface area contributed by atoms with E-state index < -0.39 is 0 Å². The zero-order valence-electron chi connectivity index (χ0n) is 19.5. The smallest absolute Gasteiger partial charge is 0.200 e. The number of rotatable bonds is 3. The van der Waals surface area contributed by atoms with E-state index in [1.54, 1.807) is 30.3 Å². The topological polar surface area (TPSA) is 52.2 Å². The molecular weight excluding hydrogens is 478 g/mol. The number of hydrogen-bond donors (Lipinski definition) is 1. The van der Waals surface area contributed by atoms with Gasteiger partial charge in [-0.05, 0) is 36.4 Å². The molecule has 5 heteroatoms. The Morgan fingerprint density at radius 2 is 1.27 bits per heavy atom. The number of fused-ring (bicyclic) bond motifs is 5. The van der Waals surface area contributed by atoms with Crippen molar-refractivity contribution in [1.29, 1.82) is 0 Å². The van der Waals surface area contributed by atoms with Gasteiger partial charge in [0.15, 0.2) is 5.78 Å². The summed E-state index contributed by atoms with van der Waals surface area (Å²) in [6.07, 6.45) is 0. The second-order valence-electron chi connectivity index (χ2n) is 9.04. The Morgan fingerprint density at radius 3 is 1.97 bits per heavy atom. The molecule has 0 atom stereocenters. The van der Waals surface area contributed by atoms with Crippen LogP contribution < -0.4 is 5.43 Å². The van der Waals surface area contributed by atoms with Gasteiger partial charge < -0.3 is 8.98 Å². The summed E-state index contributed by atoms with van der Waals surface area (Å²) < 4.78 is 8.42. The van der Waals surface area contributed by atoms with E-state index in [0.717, 1.165) is 27.5 Å². The van der Waals surface area contributed by atoms with Gasteiger partial charge in [-0.1, -0.05) is 66.7 Å².